The topological polar surface area (TPSA) is 66.3 Å². The van der Waals surface area contributed by atoms with E-state index < -0.39 is 6.17 Å². The number of ether oxygens (including phenoxy) is 1. The fourth-order valence-corrected chi connectivity index (χ4v) is 5.08. The van der Waals surface area contributed by atoms with Crippen LogP contribution in [0.3, 0.4) is 0 Å². The van der Waals surface area contributed by atoms with E-state index in [0.717, 1.165) is 49.3 Å². The molecule has 162 valence electrons. The van der Waals surface area contributed by atoms with Gasteiger partial charge in [0.25, 0.3) is 5.91 Å². The molecular formula is C24H21BrN4O2S. The number of amidine groups is 1. The fraction of sp³-hybridized carbons (Fsp3) is 0.208. The van der Waals surface area contributed by atoms with E-state index in [2.05, 4.69) is 34.2 Å². The molecule has 2 aliphatic rings. The number of nitrogens with one attached hydrogen (secondary N) is 1. The summed E-state index contributed by atoms with van der Waals surface area (Å²) < 4.78 is 6.46. The molecule has 0 aliphatic carbocycles. The van der Waals surface area contributed by atoms with Gasteiger partial charge in [-0.1, -0.05) is 64.9 Å². The largest absolute Gasteiger partial charge is 0.496 e. The molecule has 0 radical (unpaired) electrons. The van der Waals surface area contributed by atoms with Gasteiger partial charge in [-0.05, 0) is 36.1 Å². The molecule has 8 heteroatoms. The molecule has 0 spiro atoms. The van der Waals surface area contributed by atoms with Crippen molar-refractivity contribution in [1.82, 2.24) is 10.3 Å². The second-order valence-corrected chi connectivity index (χ2v) is 9.47. The lowest BCUT2D eigenvalue weighted by molar-refractivity contribution is -0.116. The van der Waals surface area contributed by atoms with Gasteiger partial charge in [0.1, 0.15) is 11.4 Å². The average molecular weight is 509 g/mol. The molecule has 0 unspecified atom stereocenters. The Hall–Kier alpha value is -2.84. The number of benzene rings is 3. The van der Waals surface area contributed by atoms with E-state index in [-0.39, 0.29) is 5.91 Å². The van der Waals surface area contributed by atoms with Crippen LogP contribution in [0.5, 0.6) is 5.75 Å². The minimum Gasteiger partial charge on any atom is -0.496 e. The van der Waals surface area contributed by atoms with Crippen molar-refractivity contribution in [2.45, 2.75) is 19.5 Å². The van der Waals surface area contributed by atoms with Gasteiger partial charge in [-0.3, -0.25) is 15.1 Å². The Balaban J connectivity index is 1.77. The van der Waals surface area contributed by atoms with Crippen molar-refractivity contribution in [1.29, 1.82) is 0 Å². The molecule has 32 heavy (non-hydrogen) atoms. The van der Waals surface area contributed by atoms with Gasteiger partial charge in [-0.15, -0.1) is 5.10 Å². The molecule has 0 fully saturated rings. The number of carbonyl (C=O) groups excluding carboxylic acids is 1. The quantitative estimate of drug-likeness (QED) is 0.580. The van der Waals surface area contributed by atoms with Crippen molar-refractivity contribution in [3.8, 4) is 5.75 Å². The van der Waals surface area contributed by atoms with Crippen LogP contribution in [0.2, 0.25) is 0 Å². The molecule has 0 saturated heterocycles. The number of rotatable bonds is 4. The minimum absolute atomic E-state index is 0.171. The number of amides is 1. The third-order valence-corrected chi connectivity index (χ3v) is 6.99. The highest BCUT2D eigenvalue weighted by atomic mass is 79.9. The summed E-state index contributed by atoms with van der Waals surface area (Å²) in [7, 11) is 1.67. The van der Waals surface area contributed by atoms with Crippen LogP contribution in [0.1, 0.15) is 25.1 Å². The lowest BCUT2D eigenvalue weighted by atomic mass is 10.00. The zero-order valence-electron chi connectivity index (χ0n) is 17.6. The highest BCUT2D eigenvalue weighted by Gasteiger charge is 2.35. The molecule has 0 saturated carbocycles. The van der Waals surface area contributed by atoms with Crippen molar-refractivity contribution in [2.24, 2.45) is 10.1 Å². The SMILES string of the molecule is CCCSC1=NN2C(=c3cc(Br)ccc3=N[C@@H]2c2ccc(OC)c3ccccc23)C(=O)N1. The standard InChI is InChI=1S/C24H21BrN4O2S/c1-3-12-32-24-27-23(30)21-18-13-14(25)8-10-19(18)26-22(29(21)28-24)17-9-11-20(31-2)16-7-5-4-6-15(16)17/h4-11,13,22H,3,12H2,1-2H3,(H,27,28,30)/t22-/m0/s1. The summed E-state index contributed by atoms with van der Waals surface area (Å²) in [6.45, 7) is 2.10. The molecule has 2 heterocycles. The molecule has 6 nitrogen and oxygen atoms in total. The predicted octanol–water partition coefficient (Wildman–Crippen LogP) is 3.90. The van der Waals surface area contributed by atoms with Crippen LogP contribution >= 0.6 is 27.7 Å². The third-order valence-electron chi connectivity index (χ3n) is 5.43. The van der Waals surface area contributed by atoms with Gasteiger partial charge in [0, 0.05) is 26.4 Å². The maximum absolute atomic E-state index is 13.3. The van der Waals surface area contributed by atoms with E-state index in [9.17, 15) is 4.79 Å². The first-order valence-corrected chi connectivity index (χ1v) is 12.1. The van der Waals surface area contributed by atoms with Crippen molar-refractivity contribution in [3.63, 3.8) is 0 Å². The fourth-order valence-electron chi connectivity index (χ4n) is 4.02. The lowest BCUT2D eigenvalue weighted by Gasteiger charge is -2.34. The first kappa shape index (κ1) is 21.0. The van der Waals surface area contributed by atoms with Crippen LogP contribution in [0.15, 0.2) is 69.2 Å². The van der Waals surface area contributed by atoms with E-state index in [0.29, 0.717) is 10.9 Å². The maximum atomic E-state index is 13.3. The van der Waals surface area contributed by atoms with E-state index in [4.69, 9.17) is 14.8 Å². The van der Waals surface area contributed by atoms with E-state index in [1.54, 1.807) is 23.9 Å². The van der Waals surface area contributed by atoms with E-state index >= 15 is 0 Å². The summed E-state index contributed by atoms with van der Waals surface area (Å²) in [6, 6.07) is 17.8. The molecule has 1 amide bonds. The molecule has 1 atom stereocenters. The zero-order valence-corrected chi connectivity index (χ0v) is 20.0. The van der Waals surface area contributed by atoms with Crippen molar-refractivity contribution < 1.29 is 9.53 Å². The Kier molecular flexibility index (Phi) is 5.65. The Morgan fingerprint density at radius 1 is 1.16 bits per heavy atom. The normalized spacial score (nSPS) is 17.3. The molecule has 0 aromatic heterocycles. The van der Waals surface area contributed by atoms with E-state index in [1.807, 2.05) is 48.5 Å². The van der Waals surface area contributed by atoms with Gasteiger partial charge in [-0.25, -0.2) is 5.01 Å². The highest BCUT2D eigenvalue weighted by molar-refractivity contribution is 9.10. The van der Waals surface area contributed by atoms with Gasteiger partial charge in [0.05, 0.1) is 12.5 Å². The smallest absolute Gasteiger partial charge is 0.276 e. The molecular weight excluding hydrogens is 488 g/mol. The number of carbonyl (C=O) groups is 1. The molecule has 3 aromatic rings. The molecule has 5 rings (SSSR count). The Morgan fingerprint density at radius 2 is 1.97 bits per heavy atom. The average Bonchev–Trinajstić information content (AvgIpc) is 2.81. The number of fused-ring (bicyclic) bond motifs is 3. The van der Waals surface area contributed by atoms with Gasteiger partial charge >= 0.3 is 0 Å². The number of hydrogen-bond donors (Lipinski definition) is 1. The van der Waals surface area contributed by atoms with Crippen LogP contribution in [0, 0.1) is 0 Å². The van der Waals surface area contributed by atoms with Crippen molar-refractivity contribution in [3.05, 3.63) is 75.2 Å². The zero-order chi connectivity index (χ0) is 22.2. The van der Waals surface area contributed by atoms with E-state index in [1.165, 1.54) is 0 Å². The van der Waals surface area contributed by atoms with Crippen LogP contribution in [0.4, 0.5) is 0 Å². The van der Waals surface area contributed by atoms with Gasteiger partial charge < -0.3 is 4.74 Å². The number of hydrazone groups is 1. The van der Waals surface area contributed by atoms with Crippen LogP contribution in [-0.2, 0) is 4.79 Å². The number of thioether (sulfide) groups is 1. The Bertz CT molecular complexity index is 1390. The second kappa shape index (κ2) is 8.60. The molecule has 0 bridgehead atoms. The summed E-state index contributed by atoms with van der Waals surface area (Å²) in [5, 5.41) is 13.7. The molecule has 2 aliphatic heterocycles. The number of methoxy groups -OCH3 is 1. The number of halogens is 1. The van der Waals surface area contributed by atoms with Crippen LogP contribution in [-0.4, -0.2) is 28.9 Å². The summed E-state index contributed by atoms with van der Waals surface area (Å²) >= 11 is 5.06. The van der Waals surface area contributed by atoms with Gasteiger partial charge in [0.15, 0.2) is 11.3 Å². The number of hydrogen-bond acceptors (Lipinski definition) is 6. The van der Waals surface area contributed by atoms with Gasteiger partial charge in [-0.2, -0.15) is 0 Å². The van der Waals surface area contributed by atoms with Crippen LogP contribution < -0.4 is 20.6 Å². The second-order valence-electron chi connectivity index (χ2n) is 7.47. The Labute approximate surface area is 198 Å². The first-order valence-electron chi connectivity index (χ1n) is 10.4. The summed E-state index contributed by atoms with van der Waals surface area (Å²) in [6.07, 6.45) is 0.515. The highest BCUT2D eigenvalue weighted by Crippen LogP contribution is 2.37. The van der Waals surface area contributed by atoms with Gasteiger partial charge in [0.2, 0.25) is 0 Å². The van der Waals surface area contributed by atoms with Crippen molar-refractivity contribution >= 4 is 55.2 Å². The monoisotopic (exact) mass is 508 g/mol. The summed E-state index contributed by atoms with van der Waals surface area (Å²) in [5.74, 6) is 1.50. The van der Waals surface area contributed by atoms with Crippen LogP contribution in [0.25, 0.3) is 16.5 Å². The Morgan fingerprint density at radius 3 is 2.75 bits per heavy atom. The molecule has 3 aromatic carbocycles. The van der Waals surface area contributed by atoms with Crippen molar-refractivity contribution in [2.75, 3.05) is 12.9 Å². The predicted molar refractivity (Wildman–Crippen MR) is 132 cm³/mol. The number of nitrogens with zero attached hydrogens (tertiary/aromatic N) is 3. The maximum Gasteiger partial charge on any atom is 0.276 e. The summed E-state index contributed by atoms with van der Waals surface area (Å²) in [5.41, 5.74) is 1.47. The lowest BCUT2D eigenvalue weighted by Crippen LogP contribution is -2.50. The first-order chi connectivity index (χ1) is 15.6. The molecule has 1 N–H and O–H groups in total. The third kappa shape index (κ3) is 3.57. The summed E-state index contributed by atoms with van der Waals surface area (Å²) in [4.78, 5) is 18.3. The minimum atomic E-state index is -0.474.